The van der Waals surface area contributed by atoms with Crippen LogP contribution in [0.2, 0.25) is 0 Å². The van der Waals surface area contributed by atoms with Crippen LogP contribution in [-0.2, 0) is 81.7 Å². The third-order valence-electron chi connectivity index (χ3n) is 13.6. The predicted octanol–water partition coefficient (Wildman–Crippen LogP) is 11.5. The summed E-state index contributed by atoms with van der Waals surface area (Å²) in [5, 5.41) is 2.33. The molecule has 0 saturated carbocycles. The monoisotopic (exact) mass is 1200 g/mol. The topological polar surface area (TPSA) is 209 Å². The summed E-state index contributed by atoms with van der Waals surface area (Å²) in [6.07, 6.45) is 7.26. The highest BCUT2D eigenvalue weighted by molar-refractivity contribution is 7.12. The molecule has 3 amide bonds. The van der Waals surface area contributed by atoms with Crippen LogP contribution in [0.5, 0.6) is 0 Å². The second kappa shape index (κ2) is 26.5. The quantitative estimate of drug-likeness (QED) is 0.0856. The molecule has 0 aromatic carbocycles. The van der Waals surface area contributed by atoms with E-state index in [4.69, 9.17) is 43.4 Å². The van der Waals surface area contributed by atoms with E-state index in [0.717, 1.165) is 29.7 Å². The number of hydrogen-bond acceptors (Lipinski definition) is 19. The number of ether oxygens (including phenoxy) is 6. The average Bonchev–Trinajstić information content (AvgIpc) is 4.40. The van der Waals surface area contributed by atoms with E-state index in [1.54, 1.807) is 14.7 Å². The van der Waals surface area contributed by atoms with E-state index in [2.05, 4.69) is 4.90 Å². The zero-order valence-corrected chi connectivity index (χ0v) is 54.5. The highest BCUT2D eigenvalue weighted by Crippen LogP contribution is 2.36. The maximum absolute atomic E-state index is 14.0. The molecule has 19 nitrogen and oxygen atoms in total. The van der Waals surface area contributed by atoms with E-state index in [1.165, 1.54) is 34.0 Å². The van der Waals surface area contributed by atoms with E-state index in [0.29, 0.717) is 97.4 Å². The number of carbonyl (C=O) groups excluding carboxylic acids is 6. The van der Waals surface area contributed by atoms with Gasteiger partial charge >= 0.3 is 36.2 Å². The van der Waals surface area contributed by atoms with Gasteiger partial charge in [0.2, 0.25) is 0 Å². The predicted molar refractivity (Wildman–Crippen MR) is 316 cm³/mol. The first-order valence-electron chi connectivity index (χ1n) is 28.9. The Morgan fingerprint density at radius 3 is 0.878 bits per heavy atom. The van der Waals surface area contributed by atoms with Gasteiger partial charge in [-0.25, -0.2) is 29.3 Å². The summed E-state index contributed by atoms with van der Waals surface area (Å²) in [6.45, 7) is 37.2. The summed E-state index contributed by atoms with van der Waals surface area (Å²) in [7, 11) is 0. The number of nitrogens with zero attached hydrogens (tertiary/aromatic N) is 7. The molecular formula is C60H93N7O12S3. The first-order chi connectivity index (χ1) is 37.7. The molecule has 3 aliphatic rings. The lowest BCUT2D eigenvalue weighted by Gasteiger charge is -2.27. The Morgan fingerprint density at radius 2 is 0.659 bits per heavy atom. The number of amides is 3. The molecule has 3 fully saturated rings. The average molecular weight is 1200 g/mol. The number of esters is 3. The lowest BCUT2D eigenvalue weighted by molar-refractivity contribution is -0.163. The lowest BCUT2D eigenvalue weighted by atomic mass is 9.88. The molecule has 3 aliphatic heterocycles. The summed E-state index contributed by atoms with van der Waals surface area (Å²) >= 11 is 4.60. The van der Waals surface area contributed by atoms with Gasteiger partial charge < -0.3 is 43.1 Å². The van der Waals surface area contributed by atoms with Crippen molar-refractivity contribution in [3.8, 4) is 0 Å². The molecule has 6 atom stereocenters. The van der Waals surface area contributed by atoms with Gasteiger partial charge in [0.25, 0.3) is 0 Å². The molecule has 0 aliphatic carbocycles. The number of thiazole rings is 3. The standard InChI is InChI=1S/C60H93N7O12S3/c1-55(2,3)74-49(68)43(37-19-22-65(31-37)52(71)77-58(10,11)12)25-46-61-28-40(80-46)34-64(35-41-29-62-47(81-41)26-44(50(69)75-56(4,5)6)38-20-23-66(32-38)53(72)78-59(13,14)15)36-42-30-63-48(82-42)27-45(51(70)76-57(7,8)9)39-21-24-67(33-39)54(73)79-60(16,17)18/h28-30,37-39,43-45H,19-27,31-36H2,1-18H3/t37-,38-,39-,43-,44-,45?/m0/s1. The highest BCUT2D eigenvalue weighted by Gasteiger charge is 2.43. The molecule has 3 aromatic rings. The molecule has 0 spiro atoms. The second-order valence-corrected chi connectivity index (χ2v) is 31.9. The van der Waals surface area contributed by atoms with Gasteiger partial charge in [0.15, 0.2) is 0 Å². The van der Waals surface area contributed by atoms with Gasteiger partial charge in [-0.05, 0) is 162 Å². The SMILES string of the molecule is CC(C)(C)OC(=O)C(Cc1ncc(CN(Cc2cnc(C[C@H](C(=O)OC(C)(C)C)[C@H]3CCN(C(=O)OC(C)(C)C)C3)s2)Cc2cnc(C[C@H](C(=O)OC(C)(C)C)[C@H]3CCN(C(=O)OC(C)(C)C)C3)s2)s1)[C@H]1CCN(C(=O)OC(C)(C)C)C1. The van der Waals surface area contributed by atoms with Crippen LogP contribution in [0.25, 0.3) is 0 Å². The molecule has 3 saturated heterocycles. The molecule has 22 heteroatoms. The van der Waals surface area contributed by atoms with Gasteiger partial charge in [-0.15, -0.1) is 34.0 Å². The lowest BCUT2D eigenvalue weighted by Crippen LogP contribution is -2.38. The summed E-state index contributed by atoms with van der Waals surface area (Å²) in [5.74, 6) is -3.09. The number of likely N-dealkylation sites (tertiary alicyclic amines) is 3. The molecule has 0 radical (unpaired) electrons. The van der Waals surface area contributed by atoms with Gasteiger partial charge in [-0.2, -0.15) is 0 Å². The highest BCUT2D eigenvalue weighted by atomic mass is 32.1. The van der Waals surface area contributed by atoms with Crippen LogP contribution in [-0.4, -0.2) is 144 Å². The molecular weight excluding hydrogens is 1110 g/mol. The van der Waals surface area contributed by atoms with E-state index in [-0.39, 0.29) is 35.7 Å². The molecule has 6 rings (SSSR count). The van der Waals surface area contributed by atoms with E-state index < -0.39 is 69.6 Å². The molecule has 0 N–H and O–H groups in total. The van der Waals surface area contributed by atoms with Gasteiger partial charge in [0.05, 0.1) is 32.8 Å². The van der Waals surface area contributed by atoms with Crippen molar-refractivity contribution in [2.24, 2.45) is 35.5 Å². The van der Waals surface area contributed by atoms with Crippen LogP contribution in [0.1, 0.15) is 174 Å². The normalized spacial score (nSPS) is 19.5. The number of rotatable bonds is 18. The maximum Gasteiger partial charge on any atom is 0.410 e. The van der Waals surface area contributed by atoms with Gasteiger partial charge in [-0.1, -0.05) is 0 Å². The van der Waals surface area contributed by atoms with Crippen molar-refractivity contribution in [3.05, 3.63) is 48.2 Å². The van der Waals surface area contributed by atoms with Crippen LogP contribution in [0.4, 0.5) is 14.4 Å². The Bertz CT molecular complexity index is 2390. The number of hydrogen-bond donors (Lipinski definition) is 0. The first kappa shape index (κ1) is 66.2. The van der Waals surface area contributed by atoms with Crippen molar-refractivity contribution >= 4 is 70.2 Å². The van der Waals surface area contributed by atoms with Crippen LogP contribution in [0, 0.1) is 35.5 Å². The Hall–Kier alpha value is -4.93. The Labute approximate surface area is 498 Å². The van der Waals surface area contributed by atoms with E-state index in [1.807, 2.05) is 143 Å². The smallest absolute Gasteiger partial charge is 0.410 e. The fourth-order valence-electron chi connectivity index (χ4n) is 10.2. The van der Waals surface area contributed by atoms with Gasteiger partial charge in [-0.3, -0.25) is 19.3 Å². The largest absolute Gasteiger partial charge is 0.460 e. The van der Waals surface area contributed by atoms with Crippen LogP contribution in [0.3, 0.4) is 0 Å². The molecule has 82 heavy (non-hydrogen) atoms. The fraction of sp³-hybridized carbons (Fsp3) is 0.750. The van der Waals surface area contributed by atoms with Crippen molar-refractivity contribution in [2.75, 3.05) is 39.3 Å². The van der Waals surface area contributed by atoms with Crippen molar-refractivity contribution in [1.29, 1.82) is 0 Å². The van der Waals surface area contributed by atoms with Crippen molar-refractivity contribution in [2.45, 2.75) is 216 Å². The number of aromatic nitrogens is 3. The van der Waals surface area contributed by atoms with E-state index in [9.17, 15) is 28.8 Å². The summed E-state index contributed by atoms with van der Waals surface area (Å²) in [6, 6.07) is 0. The first-order valence-corrected chi connectivity index (χ1v) is 31.3. The molecule has 1 unspecified atom stereocenters. The van der Waals surface area contributed by atoms with Crippen molar-refractivity contribution in [1.82, 2.24) is 34.6 Å². The Balaban J connectivity index is 1.26. The minimum Gasteiger partial charge on any atom is -0.460 e. The zero-order valence-electron chi connectivity index (χ0n) is 52.1. The Kier molecular flexibility index (Phi) is 21.4. The third-order valence-corrected chi connectivity index (χ3v) is 16.6. The van der Waals surface area contributed by atoms with Gasteiger partial charge in [0, 0.05) is 111 Å². The molecule has 458 valence electrons. The van der Waals surface area contributed by atoms with Crippen LogP contribution >= 0.6 is 34.0 Å². The van der Waals surface area contributed by atoms with Crippen molar-refractivity contribution < 1.29 is 57.2 Å². The fourth-order valence-corrected chi connectivity index (χ4v) is 13.3. The van der Waals surface area contributed by atoms with Crippen LogP contribution < -0.4 is 0 Å². The second-order valence-electron chi connectivity index (χ2n) is 28.3. The third kappa shape index (κ3) is 21.3. The summed E-state index contributed by atoms with van der Waals surface area (Å²) in [4.78, 5) is 106. The molecule has 3 aromatic heterocycles. The summed E-state index contributed by atoms with van der Waals surface area (Å²) < 4.78 is 35.1. The molecule has 0 bridgehead atoms. The van der Waals surface area contributed by atoms with Crippen molar-refractivity contribution in [3.63, 3.8) is 0 Å². The number of carbonyl (C=O) groups is 6. The molecule has 6 heterocycles. The zero-order chi connectivity index (χ0) is 60.9. The van der Waals surface area contributed by atoms with Gasteiger partial charge in [0.1, 0.15) is 33.6 Å². The van der Waals surface area contributed by atoms with Crippen LogP contribution in [0.15, 0.2) is 18.6 Å². The Morgan fingerprint density at radius 1 is 0.427 bits per heavy atom. The maximum atomic E-state index is 14.0. The van der Waals surface area contributed by atoms with E-state index >= 15 is 0 Å². The summed E-state index contributed by atoms with van der Waals surface area (Å²) in [5.41, 5.74) is -4.11. The minimum absolute atomic E-state index is 0.160. The minimum atomic E-state index is -0.716.